The van der Waals surface area contributed by atoms with Crippen molar-refractivity contribution in [2.45, 2.75) is 39.5 Å². The third-order valence-corrected chi connectivity index (χ3v) is 6.10. The van der Waals surface area contributed by atoms with E-state index in [1.54, 1.807) is 11.3 Å². The van der Waals surface area contributed by atoms with Gasteiger partial charge in [-0.1, -0.05) is 13.8 Å². The number of aryl methyl sites for hydroxylation is 1. The van der Waals surface area contributed by atoms with Crippen molar-refractivity contribution in [1.82, 2.24) is 4.90 Å². The van der Waals surface area contributed by atoms with Gasteiger partial charge in [0, 0.05) is 18.0 Å². The van der Waals surface area contributed by atoms with Crippen LogP contribution < -0.4 is 5.73 Å². The third kappa shape index (κ3) is 3.27. The second kappa shape index (κ2) is 6.27. The number of hydrogen-bond acceptors (Lipinski definition) is 3. The fourth-order valence-electron chi connectivity index (χ4n) is 3.33. The minimum atomic E-state index is 0. The lowest BCUT2D eigenvalue weighted by Gasteiger charge is -2.22. The Bertz CT molecular complexity index is 530. The number of nitrogens with two attached hydrogens (primary N) is 1. The van der Waals surface area contributed by atoms with Gasteiger partial charge in [-0.15, -0.1) is 23.7 Å². The predicted octanol–water partition coefficient (Wildman–Crippen LogP) is 3.11. The molecule has 1 aromatic rings. The zero-order valence-corrected chi connectivity index (χ0v) is 14.5. The summed E-state index contributed by atoms with van der Waals surface area (Å²) in [5.74, 6) is 0.974. The molecule has 1 amide bonds. The van der Waals surface area contributed by atoms with Crippen LogP contribution in [0.2, 0.25) is 0 Å². The molecular formula is C16H25ClN2OS. The average Bonchev–Trinajstić information content (AvgIpc) is 3.02. The van der Waals surface area contributed by atoms with Crippen LogP contribution in [0, 0.1) is 11.3 Å². The molecule has 0 aromatic carbocycles. The molecule has 1 aliphatic carbocycles. The summed E-state index contributed by atoms with van der Waals surface area (Å²) in [6.07, 6.45) is 4.57. The van der Waals surface area contributed by atoms with E-state index in [0.29, 0.717) is 6.54 Å². The number of rotatable bonds is 2. The highest BCUT2D eigenvalue weighted by atomic mass is 35.5. The number of halogens is 1. The lowest BCUT2D eigenvalue weighted by Crippen LogP contribution is -2.34. The van der Waals surface area contributed by atoms with E-state index in [0.717, 1.165) is 43.1 Å². The highest BCUT2D eigenvalue weighted by Crippen LogP contribution is 2.35. The molecule has 0 radical (unpaired) electrons. The first kappa shape index (κ1) is 16.8. The molecule has 2 atom stereocenters. The molecule has 1 fully saturated rings. The number of amides is 1. The Balaban J connectivity index is 0.00000161. The largest absolute Gasteiger partial charge is 0.337 e. The number of hydrogen-bond donors (Lipinski definition) is 1. The zero-order chi connectivity index (χ0) is 14.3. The van der Waals surface area contributed by atoms with Gasteiger partial charge >= 0.3 is 0 Å². The van der Waals surface area contributed by atoms with Crippen molar-refractivity contribution in [3.63, 3.8) is 0 Å². The minimum Gasteiger partial charge on any atom is -0.337 e. The normalized spacial score (nSPS) is 28.1. The molecule has 2 aliphatic rings. The molecule has 0 saturated carbocycles. The van der Waals surface area contributed by atoms with E-state index in [1.165, 1.54) is 16.9 Å². The summed E-state index contributed by atoms with van der Waals surface area (Å²) in [6, 6.07) is 2.15. The number of fused-ring (bicyclic) bond motifs is 1. The second-order valence-corrected chi connectivity index (χ2v) is 8.04. The van der Waals surface area contributed by atoms with Gasteiger partial charge < -0.3 is 10.6 Å². The SMILES string of the molecule is CC1CCc2sc(C(=O)N3CCC(C)(CN)C3)cc2C1.Cl. The van der Waals surface area contributed by atoms with Gasteiger partial charge in [0.25, 0.3) is 5.91 Å². The molecule has 1 aromatic heterocycles. The second-order valence-electron chi connectivity index (χ2n) is 6.90. The van der Waals surface area contributed by atoms with E-state index in [4.69, 9.17) is 5.73 Å². The van der Waals surface area contributed by atoms with Gasteiger partial charge in [-0.25, -0.2) is 0 Å². The Morgan fingerprint density at radius 3 is 3.00 bits per heavy atom. The quantitative estimate of drug-likeness (QED) is 0.906. The van der Waals surface area contributed by atoms with Gasteiger partial charge in [0.15, 0.2) is 0 Å². The van der Waals surface area contributed by atoms with Crippen LogP contribution in [0.4, 0.5) is 0 Å². The van der Waals surface area contributed by atoms with Gasteiger partial charge in [0.05, 0.1) is 4.88 Å². The van der Waals surface area contributed by atoms with Gasteiger partial charge in [0.2, 0.25) is 0 Å². The minimum absolute atomic E-state index is 0. The standard InChI is InChI=1S/C16H24N2OS.ClH/c1-11-3-4-13-12(7-11)8-14(20-13)15(19)18-6-5-16(2,9-17)10-18;/h8,11H,3-7,9-10,17H2,1-2H3;1H. The topological polar surface area (TPSA) is 46.3 Å². The van der Waals surface area contributed by atoms with Crippen LogP contribution in [0.5, 0.6) is 0 Å². The molecular weight excluding hydrogens is 304 g/mol. The number of thiophene rings is 1. The maximum absolute atomic E-state index is 12.6. The van der Waals surface area contributed by atoms with E-state index in [9.17, 15) is 4.79 Å². The molecule has 1 aliphatic heterocycles. The summed E-state index contributed by atoms with van der Waals surface area (Å²) < 4.78 is 0. The lowest BCUT2D eigenvalue weighted by atomic mass is 9.90. The van der Waals surface area contributed by atoms with Crippen molar-refractivity contribution >= 4 is 29.7 Å². The van der Waals surface area contributed by atoms with Crippen molar-refractivity contribution in [3.05, 3.63) is 21.4 Å². The molecule has 2 N–H and O–H groups in total. The van der Waals surface area contributed by atoms with Crippen LogP contribution in [0.3, 0.4) is 0 Å². The van der Waals surface area contributed by atoms with Gasteiger partial charge in [-0.05, 0) is 55.2 Å². The molecule has 2 unspecified atom stereocenters. The van der Waals surface area contributed by atoms with Gasteiger partial charge in [-0.3, -0.25) is 4.79 Å². The number of carbonyl (C=O) groups is 1. The van der Waals surface area contributed by atoms with E-state index in [1.807, 2.05) is 4.90 Å². The van der Waals surface area contributed by atoms with Crippen molar-refractivity contribution < 1.29 is 4.79 Å². The first-order chi connectivity index (χ1) is 9.50. The summed E-state index contributed by atoms with van der Waals surface area (Å²) in [4.78, 5) is 17.0. The molecule has 3 rings (SSSR count). The monoisotopic (exact) mass is 328 g/mol. The first-order valence-corrected chi connectivity index (χ1v) is 8.43. The maximum Gasteiger partial charge on any atom is 0.263 e. The van der Waals surface area contributed by atoms with Crippen LogP contribution >= 0.6 is 23.7 Å². The maximum atomic E-state index is 12.6. The van der Waals surface area contributed by atoms with Crippen LogP contribution in [-0.2, 0) is 12.8 Å². The molecule has 3 nitrogen and oxygen atoms in total. The highest BCUT2D eigenvalue weighted by molar-refractivity contribution is 7.14. The average molecular weight is 329 g/mol. The number of nitrogens with zero attached hydrogens (tertiary/aromatic N) is 1. The van der Waals surface area contributed by atoms with Crippen molar-refractivity contribution in [1.29, 1.82) is 0 Å². The van der Waals surface area contributed by atoms with E-state index < -0.39 is 0 Å². The van der Waals surface area contributed by atoms with E-state index in [2.05, 4.69) is 19.9 Å². The number of carbonyl (C=O) groups excluding carboxylic acids is 1. The van der Waals surface area contributed by atoms with Crippen LogP contribution in [0.1, 0.15) is 46.8 Å². The number of likely N-dealkylation sites (tertiary alicyclic amines) is 1. The lowest BCUT2D eigenvalue weighted by molar-refractivity contribution is 0.0781. The summed E-state index contributed by atoms with van der Waals surface area (Å²) in [5.41, 5.74) is 7.36. The van der Waals surface area contributed by atoms with Crippen molar-refractivity contribution in [2.24, 2.45) is 17.1 Å². The van der Waals surface area contributed by atoms with E-state index in [-0.39, 0.29) is 23.7 Å². The van der Waals surface area contributed by atoms with Crippen molar-refractivity contribution in [3.8, 4) is 0 Å². The molecule has 0 spiro atoms. The fourth-order valence-corrected chi connectivity index (χ4v) is 4.51. The smallest absolute Gasteiger partial charge is 0.263 e. The van der Waals surface area contributed by atoms with Gasteiger partial charge in [-0.2, -0.15) is 0 Å². The van der Waals surface area contributed by atoms with Gasteiger partial charge in [0.1, 0.15) is 0 Å². The summed E-state index contributed by atoms with van der Waals surface area (Å²) in [7, 11) is 0. The predicted molar refractivity (Wildman–Crippen MR) is 90.4 cm³/mol. The summed E-state index contributed by atoms with van der Waals surface area (Å²) >= 11 is 1.72. The Hall–Kier alpha value is -0.580. The summed E-state index contributed by atoms with van der Waals surface area (Å²) in [5, 5.41) is 0. The van der Waals surface area contributed by atoms with Crippen LogP contribution in [0.25, 0.3) is 0 Å². The first-order valence-electron chi connectivity index (χ1n) is 7.62. The fraction of sp³-hybridized carbons (Fsp3) is 0.688. The Morgan fingerprint density at radius 2 is 2.33 bits per heavy atom. The Kier molecular flexibility index (Phi) is 5.01. The molecule has 118 valence electrons. The molecule has 5 heteroatoms. The van der Waals surface area contributed by atoms with Crippen molar-refractivity contribution in [2.75, 3.05) is 19.6 Å². The molecule has 0 bridgehead atoms. The van der Waals surface area contributed by atoms with Crippen LogP contribution in [0.15, 0.2) is 6.07 Å². The highest BCUT2D eigenvalue weighted by Gasteiger charge is 2.36. The van der Waals surface area contributed by atoms with Crippen LogP contribution in [-0.4, -0.2) is 30.4 Å². The summed E-state index contributed by atoms with van der Waals surface area (Å²) in [6.45, 7) is 6.80. The third-order valence-electron chi connectivity index (χ3n) is 4.88. The molecule has 2 heterocycles. The van der Waals surface area contributed by atoms with E-state index >= 15 is 0 Å². The Morgan fingerprint density at radius 1 is 1.57 bits per heavy atom. The molecule has 21 heavy (non-hydrogen) atoms. The Labute approximate surface area is 137 Å². The zero-order valence-electron chi connectivity index (χ0n) is 12.9. The molecule has 1 saturated heterocycles.